The standard InChI is InChI=1S/C11H15F3N2O2S/c1-2-8(15)3-4-16-19(17,18)11-9(13)5-7(12)6-10(11)14/h5-6,8,16H,2-4,15H2,1H3. The minimum absolute atomic E-state index is 0.0480. The number of hydrogen-bond donors (Lipinski definition) is 2. The molecule has 0 saturated carbocycles. The average Bonchev–Trinajstić information content (AvgIpc) is 2.26. The van der Waals surface area contributed by atoms with Gasteiger partial charge in [-0.3, -0.25) is 0 Å². The molecule has 1 aromatic carbocycles. The van der Waals surface area contributed by atoms with Crippen LogP contribution < -0.4 is 10.5 Å². The summed E-state index contributed by atoms with van der Waals surface area (Å²) in [6.07, 6.45) is 0.987. The topological polar surface area (TPSA) is 72.2 Å². The third-order valence-corrected chi connectivity index (χ3v) is 4.07. The number of benzene rings is 1. The van der Waals surface area contributed by atoms with E-state index in [1.165, 1.54) is 0 Å². The molecular weight excluding hydrogens is 281 g/mol. The van der Waals surface area contributed by atoms with Crippen LogP contribution in [-0.2, 0) is 10.0 Å². The Labute approximate surface area is 109 Å². The lowest BCUT2D eigenvalue weighted by atomic mass is 10.2. The molecule has 1 atom stereocenters. The van der Waals surface area contributed by atoms with Crippen LogP contribution in [0.2, 0.25) is 0 Å². The summed E-state index contributed by atoms with van der Waals surface area (Å²) in [6.45, 7) is 1.78. The molecule has 0 fully saturated rings. The quantitative estimate of drug-likeness (QED) is 0.836. The largest absolute Gasteiger partial charge is 0.328 e. The third kappa shape index (κ3) is 4.19. The van der Waals surface area contributed by atoms with Crippen LogP contribution in [0.1, 0.15) is 19.8 Å². The van der Waals surface area contributed by atoms with Crippen molar-refractivity contribution >= 4 is 10.0 Å². The van der Waals surface area contributed by atoms with Crippen molar-refractivity contribution in [2.45, 2.75) is 30.7 Å². The van der Waals surface area contributed by atoms with E-state index < -0.39 is 32.4 Å². The second-order valence-electron chi connectivity index (χ2n) is 4.05. The number of rotatable bonds is 6. The summed E-state index contributed by atoms with van der Waals surface area (Å²) in [5.74, 6) is -4.11. The molecule has 19 heavy (non-hydrogen) atoms. The second-order valence-corrected chi connectivity index (χ2v) is 5.76. The summed E-state index contributed by atoms with van der Waals surface area (Å²) >= 11 is 0. The van der Waals surface area contributed by atoms with E-state index in [4.69, 9.17) is 5.73 Å². The van der Waals surface area contributed by atoms with Crippen LogP contribution in [0.4, 0.5) is 13.2 Å². The van der Waals surface area contributed by atoms with Gasteiger partial charge in [-0.05, 0) is 12.8 Å². The molecule has 4 nitrogen and oxygen atoms in total. The van der Waals surface area contributed by atoms with Crippen molar-refractivity contribution in [3.63, 3.8) is 0 Å². The maximum Gasteiger partial charge on any atom is 0.246 e. The number of nitrogens with two attached hydrogens (primary N) is 1. The molecular formula is C11H15F3N2O2S. The van der Waals surface area contributed by atoms with Crippen LogP contribution in [0.3, 0.4) is 0 Å². The van der Waals surface area contributed by atoms with Crippen molar-refractivity contribution in [2.24, 2.45) is 5.73 Å². The van der Waals surface area contributed by atoms with Gasteiger partial charge in [0.2, 0.25) is 10.0 Å². The van der Waals surface area contributed by atoms with Gasteiger partial charge in [0.15, 0.2) is 4.90 Å². The molecule has 8 heteroatoms. The molecule has 0 aromatic heterocycles. The smallest absolute Gasteiger partial charge is 0.246 e. The summed E-state index contributed by atoms with van der Waals surface area (Å²) < 4.78 is 64.8. The first-order valence-electron chi connectivity index (χ1n) is 5.67. The fraction of sp³-hybridized carbons (Fsp3) is 0.455. The van der Waals surface area contributed by atoms with Crippen molar-refractivity contribution in [3.05, 3.63) is 29.6 Å². The van der Waals surface area contributed by atoms with Gasteiger partial charge in [0.05, 0.1) is 0 Å². The zero-order valence-electron chi connectivity index (χ0n) is 10.3. The lowest BCUT2D eigenvalue weighted by molar-refractivity contribution is 0.492. The van der Waals surface area contributed by atoms with E-state index in [2.05, 4.69) is 0 Å². The maximum atomic E-state index is 13.3. The van der Waals surface area contributed by atoms with E-state index in [0.29, 0.717) is 25.0 Å². The molecule has 1 rings (SSSR count). The Morgan fingerprint density at radius 2 is 1.79 bits per heavy atom. The summed E-state index contributed by atoms with van der Waals surface area (Å²) in [4.78, 5) is -1.18. The van der Waals surface area contributed by atoms with Crippen molar-refractivity contribution in [1.82, 2.24) is 4.72 Å². The van der Waals surface area contributed by atoms with Crippen molar-refractivity contribution < 1.29 is 21.6 Å². The van der Waals surface area contributed by atoms with E-state index in [9.17, 15) is 21.6 Å². The summed E-state index contributed by atoms with van der Waals surface area (Å²) in [7, 11) is -4.36. The molecule has 0 amide bonds. The van der Waals surface area contributed by atoms with Crippen molar-refractivity contribution in [3.8, 4) is 0 Å². The zero-order chi connectivity index (χ0) is 14.6. The maximum absolute atomic E-state index is 13.3. The predicted octanol–water partition coefficient (Wildman–Crippen LogP) is 1.51. The molecule has 1 unspecified atom stereocenters. The van der Waals surface area contributed by atoms with Crippen LogP contribution >= 0.6 is 0 Å². The molecule has 0 bridgehead atoms. The molecule has 0 heterocycles. The van der Waals surface area contributed by atoms with Gasteiger partial charge in [0, 0.05) is 24.7 Å². The molecule has 3 N–H and O–H groups in total. The molecule has 0 aliphatic heterocycles. The van der Waals surface area contributed by atoms with Gasteiger partial charge >= 0.3 is 0 Å². The Balaban J connectivity index is 2.89. The Morgan fingerprint density at radius 1 is 1.26 bits per heavy atom. The highest BCUT2D eigenvalue weighted by Gasteiger charge is 2.24. The van der Waals surface area contributed by atoms with E-state index in [1.54, 1.807) is 0 Å². The van der Waals surface area contributed by atoms with Gasteiger partial charge in [0.1, 0.15) is 17.5 Å². The van der Waals surface area contributed by atoms with Crippen LogP contribution in [0, 0.1) is 17.5 Å². The Bertz CT molecular complexity index is 526. The van der Waals surface area contributed by atoms with Crippen LogP contribution in [-0.4, -0.2) is 21.0 Å². The fourth-order valence-electron chi connectivity index (χ4n) is 1.44. The molecule has 108 valence electrons. The summed E-state index contributed by atoms with van der Waals surface area (Å²) in [6, 6.07) is 0.427. The molecule has 0 aliphatic carbocycles. The van der Waals surface area contributed by atoms with Crippen LogP contribution in [0.25, 0.3) is 0 Å². The lowest BCUT2D eigenvalue weighted by Crippen LogP contribution is -2.31. The minimum Gasteiger partial charge on any atom is -0.328 e. The van der Waals surface area contributed by atoms with E-state index in [1.807, 2.05) is 11.6 Å². The average molecular weight is 296 g/mol. The van der Waals surface area contributed by atoms with E-state index >= 15 is 0 Å². The predicted molar refractivity (Wildman–Crippen MR) is 64.4 cm³/mol. The molecule has 0 aliphatic rings. The van der Waals surface area contributed by atoms with Gasteiger partial charge in [-0.15, -0.1) is 0 Å². The number of nitrogens with one attached hydrogen (secondary N) is 1. The zero-order valence-corrected chi connectivity index (χ0v) is 11.1. The SMILES string of the molecule is CCC(N)CCNS(=O)(=O)c1c(F)cc(F)cc1F. The van der Waals surface area contributed by atoms with E-state index in [-0.39, 0.29) is 12.6 Å². The Kier molecular flexibility index (Phi) is 5.33. The third-order valence-electron chi connectivity index (χ3n) is 2.56. The van der Waals surface area contributed by atoms with Gasteiger partial charge < -0.3 is 5.73 Å². The lowest BCUT2D eigenvalue weighted by Gasteiger charge is -2.11. The number of hydrogen-bond acceptors (Lipinski definition) is 3. The first-order valence-corrected chi connectivity index (χ1v) is 7.16. The first-order chi connectivity index (χ1) is 8.77. The van der Waals surface area contributed by atoms with Crippen molar-refractivity contribution in [2.75, 3.05) is 6.54 Å². The van der Waals surface area contributed by atoms with Gasteiger partial charge in [-0.25, -0.2) is 26.3 Å². The van der Waals surface area contributed by atoms with Gasteiger partial charge in [0.25, 0.3) is 0 Å². The molecule has 0 radical (unpaired) electrons. The number of halogens is 3. The molecule has 0 saturated heterocycles. The Hall–Kier alpha value is -1.12. The highest BCUT2D eigenvalue weighted by Crippen LogP contribution is 2.19. The normalized spacial score (nSPS) is 13.5. The summed E-state index contributed by atoms with van der Waals surface area (Å²) in [5.41, 5.74) is 5.59. The van der Waals surface area contributed by atoms with Crippen LogP contribution in [0.5, 0.6) is 0 Å². The first kappa shape index (κ1) is 15.9. The highest BCUT2D eigenvalue weighted by atomic mass is 32.2. The van der Waals surface area contributed by atoms with Crippen LogP contribution in [0.15, 0.2) is 17.0 Å². The molecule has 0 spiro atoms. The number of sulfonamides is 1. The van der Waals surface area contributed by atoms with E-state index in [0.717, 1.165) is 0 Å². The molecule has 1 aromatic rings. The van der Waals surface area contributed by atoms with Gasteiger partial charge in [-0.2, -0.15) is 0 Å². The monoisotopic (exact) mass is 296 g/mol. The summed E-state index contributed by atoms with van der Waals surface area (Å²) in [5, 5.41) is 0. The minimum atomic E-state index is -4.36. The fourth-order valence-corrected chi connectivity index (χ4v) is 2.60. The second kappa shape index (κ2) is 6.36. The highest BCUT2D eigenvalue weighted by molar-refractivity contribution is 7.89. The van der Waals surface area contributed by atoms with Gasteiger partial charge in [-0.1, -0.05) is 6.92 Å². The van der Waals surface area contributed by atoms with Crippen molar-refractivity contribution in [1.29, 1.82) is 0 Å². The Morgan fingerprint density at radius 3 is 2.26 bits per heavy atom.